The number of ketones is 1. The molecule has 2 bridgehead atoms. The molecule has 28 heavy (non-hydrogen) atoms. The maximum Gasteiger partial charge on any atom is 0.302 e. The molecule has 0 aromatic heterocycles. The van der Waals surface area contributed by atoms with Gasteiger partial charge in [0.25, 0.3) is 0 Å². The summed E-state index contributed by atoms with van der Waals surface area (Å²) in [6.07, 6.45) is 0.170. The number of aliphatic hydroxyl groups excluding tert-OH is 3. The molecule has 0 aromatic carbocycles. The Kier molecular flexibility index (Phi) is 4.39. The second kappa shape index (κ2) is 6.13. The number of carbonyl (C=O) groups excluding carboxylic acids is 2. The molecule has 6 nitrogen and oxygen atoms in total. The molecule has 0 saturated heterocycles. The van der Waals surface area contributed by atoms with Gasteiger partial charge in [-0.2, -0.15) is 0 Å². The van der Waals surface area contributed by atoms with Gasteiger partial charge in [0.1, 0.15) is 0 Å². The zero-order valence-electron chi connectivity index (χ0n) is 17.0. The number of rotatable bonds is 2. The van der Waals surface area contributed by atoms with Crippen LogP contribution < -0.4 is 0 Å². The first-order valence-corrected chi connectivity index (χ1v) is 10.4. The van der Waals surface area contributed by atoms with Gasteiger partial charge in [0, 0.05) is 24.2 Å². The largest absolute Gasteiger partial charge is 0.465 e. The molecule has 0 aromatic rings. The monoisotopic (exact) mass is 392 g/mol. The van der Waals surface area contributed by atoms with Gasteiger partial charge < -0.3 is 20.1 Å². The maximum atomic E-state index is 13.4. The van der Waals surface area contributed by atoms with E-state index in [4.69, 9.17) is 4.74 Å². The van der Waals surface area contributed by atoms with Crippen LogP contribution >= 0.6 is 0 Å². The highest BCUT2D eigenvalue weighted by Crippen LogP contribution is 2.71. The number of hydrogen-bond acceptors (Lipinski definition) is 6. The van der Waals surface area contributed by atoms with Crippen LogP contribution in [0.15, 0.2) is 12.2 Å². The molecule has 0 heterocycles. The lowest BCUT2D eigenvalue weighted by molar-refractivity contribution is -0.265. The third-order valence-electron chi connectivity index (χ3n) is 8.67. The van der Waals surface area contributed by atoms with Gasteiger partial charge in [0.15, 0.2) is 5.78 Å². The molecule has 0 unspecified atom stereocenters. The summed E-state index contributed by atoms with van der Waals surface area (Å²) < 4.78 is 5.52. The zero-order chi connectivity index (χ0) is 20.6. The van der Waals surface area contributed by atoms with E-state index in [1.165, 1.54) is 6.92 Å². The standard InChI is InChI=1S/C22H32O6/c1-11-13-8-14(24)17-21(10-28-12(2)23)7-5-6-20(3,4)15(21)9-16(25)22(17,18(11)26)19(13)27/h13-17,19,24-25,27H,1,5-10H2,2-4H3/t13-,14-,15+,16+,17-,19+,21-,22+/m0/s1. The van der Waals surface area contributed by atoms with E-state index in [0.29, 0.717) is 18.4 Å². The van der Waals surface area contributed by atoms with Crippen LogP contribution in [0.4, 0.5) is 0 Å². The van der Waals surface area contributed by atoms with Crippen LogP contribution in [0.3, 0.4) is 0 Å². The molecular weight excluding hydrogens is 360 g/mol. The van der Waals surface area contributed by atoms with Crippen molar-refractivity contribution in [1.29, 1.82) is 0 Å². The lowest BCUT2D eigenvalue weighted by atomic mass is 9.39. The van der Waals surface area contributed by atoms with Crippen LogP contribution in [-0.4, -0.2) is 52.0 Å². The highest BCUT2D eigenvalue weighted by atomic mass is 16.5. The third-order valence-corrected chi connectivity index (χ3v) is 8.67. The number of carbonyl (C=O) groups is 2. The van der Waals surface area contributed by atoms with Gasteiger partial charge in [0.2, 0.25) is 0 Å². The van der Waals surface area contributed by atoms with Crippen molar-refractivity contribution in [2.45, 2.75) is 71.2 Å². The van der Waals surface area contributed by atoms with Crippen molar-refractivity contribution < 1.29 is 29.6 Å². The summed E-state index contributed by atoms with van der Waals surface area (Å²) in [7, 11) is 0. The minimum Gasteiger partial charge on any atom is -0.465 e. The zero-order valence-corrected chi connectivity index (χ0v) is 17.0. The first kappa shape index (κ1) is 20.0. The van der Waals surface area contributed by atoms with Crippen molar-refractivity contribution in [3.63, 3.8) is 0 Å². The van der Waals surface area contributed by atoms with E-state index < -0.39 is 46.9 Å². The number of esters is 1. The van der Waals surface area contributed by atoms with Crippen LogP contribution in [0.2, 0.25) is 0 Å². The van der Waals surface area contributed by atoms with E-state index >= 15 is 0 Å². The minimum absolute atomic E-state index is 0.0289. The van der Waals surface area contributed by atoms with Crippen molar-refractivity contribution in [3.8, 4) is 0 Å². The van der Waals surface area contributed by atoms with Crippen LogP contribution in [0.5, 0.6) is 0 Å². The summed E-state index contributed by atoms with van der Waals surface area (Å²) in [6.45, 7) is 9.65. The molecule has 6 heteroatoms. The highest BCUT2D eigenvalue weighted by molar-refractivity contribution is 6.04. The summed E-state index contributed by atoms with van der Waals surface area (Å²) in [5, 5.41) is 33.7. The lowest BCUT2D eigenvalue weighted by Gasteiger charge is -2.66. The fraction of sp³-hybridized carbons (Fsp3) is 0.818. The molecule has 0 radical (unpaired) electrons. The van der Waals surface area contributed by atoms with Gasteiger partial charge in [-0.25, -0.2) is 0 Å². The molecule has 4 saturated carbocycles. The van der Waals surface area contributed by atoms with Crippen molar-refractivity contribution in [3.05, 3.63) is 12.2 Å². The number of ether oxygens (including phenoxy) is 1. The second-order valence-electron chi connectivity index (χ2n) is 10.3. The van der Waals surface area contributed by atoms with E-state index in [9.17, 15) is 24.9 Å². The SMILES string of the molecule is C=C1C(=O)[C@@]23[C@H](O)C[C@@H]4C(C)(C)CCC[C@@]4(COC(C)=O)[C@@H]2[C@@H](O)C[C@@H]1[C@H]3O. The van der Waals surface area contributed by atoms with E-state index in [2.05, 4.69) is 20.4 Å². The molecule has 4 aliphatic rings. The van der Waals surface area contributed by atoms with Crippen molar-refractivity contribution >= 4 is 11.8 Å². The average molecular weight is 392 g/mol. The Balaban J connectivity index is 1.92. The summed E-state index contributed by atoms with van der Waals surface area (Å²) in [6, 6.07) is 0. The first-order valence-electron chi connectivity index (χ1n) is 10.4. The summed E-state index contributed by atoms with van der Waals surface area (Å²) in [5.41, 5.74) is -1.94. The van der Waals surface area contributed by atoms with Crippen molar-refractivity contribution in [2.75, 3.05) is 6.61 Å². The van der Waals surface area contributed by atoms with Crippen molar-refractivity contribution in [2.24, 2.45) is 34.0 Å². The Hall–Kier alpha value is -1.24. The number of fused-ring (bicyclic) bond motifs is 3. The quantitative estimate of drug-likeness (QED) is 0.487. The summed E-state index contributed by atoms with van der Waals surface area (Å²) in [5.74, 6) is -1.93. The molecule has 1 spiro atoms. The van der Waals surface area contributed by atoms with Crippen molar-refractivity contribution in [1.82, 2.24) is 0 Å². The van der Waals surface area contributed by atoms with Gasteiger partial charge in [-0.15, -0.1) is 0 Å². The third kappa shape index (κ3) is 2.25. The Morgan fingerprint density at radius 1 is 1.21 bits per heavy atom. The predicted molar refractivity (Wildman–Crippen MR) is 101 cm³/mol. The first-order chi connectivity index (χ1) is 13.0. The van der Waals surface area contributed by atoms with Gasteiger partial charge >= 0.3 is 5.97 Å². The smallest absolute Gasteiger partial charge is 0.302 e. The molecule has 8 atom stereocenters. The molecule has 3 N–H and O–H groups in total. The maximum absolute atomic E-state index is 13.4. The Morgan fingerprint density at radius 3 is 2.54 bits per heavy atom. The molecule has 4 aliphatic carbocycles. The Bertz CT molecular complexity index is 729. The van der Waals surface area contributed by atoms with E-state index in [-0.39, 0.29) is 30.1 Å². The molecule has 0 amide bonds. The normalized spacial score (nSPS) is 49.4. The van der Waals surface area contributed by atoms with Crippen LogP contribution in [0.25, 0.3) is 0 Å². The fourth-order valence-corrected chi connectivity index (χ4v) is 7.67. The molecule has 0 aliphatic heterocycles. The summed E-state index contributed by atoms with van der Waals surface area (Å²) in [4.78, 5) is 25.1. The van der Waals surface area contributed by atoms with Gasteiger partial charge in [0.05, 0.1) is 30.3 Å². The molecular formula is C22H32O6. The number of aliphatic hydroxyl groups is 3. The molecule has 4 rings (SSSR count). The van der Waals surface area contributed by atoms with E-state index in [1.54, 1.807) is 0 Å². The number of Topliss-reactive ketones (excluding diaryl/α,β-unsaturated/α-hetero) is 1. The van der Waals surface area contributed by atoms with Gasteiger partial charge in [-0.05, 0) is 42.6 Å². The Morgan fingerprint density at radius 2 is 1.89 bits per heavy atom. The number of hydrogen-bond donors (Lipinski definition) is 3. The minimum atomic E-state index is -1.45. The summed E-state index contributed by atoms with van der Waals surface area (Å²) >= 11 is 0. The highest BCUT2D eigenvalue weighted by Gasteiger charge is 2.77. The average Bonchev–Trinajstić information content (AvgIpc) is 2.72. The Labute approximate surface area is 166 Å². The van der Waals surface area contributed by atoms with Crippen LogP contribution in [-0.2, 0) is 14.3 Å². The van der Waals surface area contributed by atoms with Gasteiger partial charge in [-0.3, -0.25) is 9.59 Å². The van der Waals surface area contributed by atoms with E-state index in [1.807, 2.05) is 0 Å². The topological polar surface area (TPSA) is 104 Å². The fourth-order valence-electron chi connectivity index (χ4n) is 7.67. The van der Waals surface area contributed by atoms with Crippen LogP contribution in [0.1, 0.15) is 52.9 Å². The second-order valence-corrected chi connectivity index (χ2v) is 10.3. The molecule has 4 fully saturated rings. The van der Waals surface area contributed by atoms with Gasteiger partial charge in [-0.1, -0.05) is 26.8 Å². The molecule has 156 valence electrons. The predicted octanol–water partition coefficient (Wildman–Crippen LogP) is 1.61. The van der Waals surface area contributed by atoms with Crippen LogP contribution in [0, 0.1) is 34.0 Å². The van der Waals surface area contributed by atoms with E-state index in [0.717, 1.165) is 12.8 Å². The lowest BCUT2D eigenvalue weighted by Crippen LogP contribution is -2.71.